The second-order valence-electron chi connectivity index (χ2n) is 7.23. The van der Waals surface area contributed by atoms with Gasteiger partial charge in [0.05, 0.1) is 0 Å². The maximum Gasteiger partial charge on any atom is 0.224 e. The molecule has 3 aliphatic rings. The lowest BCUT2D eigenvalue weighted by atomic mass is 9.91. The predicted molar refractivity (Wildman–Crippen MR) is 72.3 cm³/mol. The fourth-order valence-corrected chi connectivity index (χ4v) is 4.18. The van der Waals surface area contributed by atoms with Crippen LogP contribution in [-0.4, -0.2) is 35.5 Å². The normalized spacial score (nSPS) is 39.1. The Morgan fingerprint density at radius 3 is 2.83 bits per heavy atom. The molecule has 2 heterocycles. The van der Waals surface area contributed by atoms with E-state index in [4.69, 9.17) is 0 Å². The monoisotopic (exact) mass is 250 g/mol. The van der Waals surface area contributed by atoms with Crippen LogP contribution in [0.5, 0.6) is 0 Å². The highest BCUT2D eigenvalue weighted by atomic mass is 16.2. The molecule has 18 heavy (non-hydrogen) atoms. The topological polar surface area (TPSA) is 32.3 Å². The van der Waals surface area contributed by atoms with E-state index >= 15 is 0 Å². The lowest BCUT2D eigenvalue weighted by molar-refractivity contribution is -0.129. The Balaban J connectivity index is 1.61. The quantitative estimate of drug-likeness (QED) is 0.815. The molecule has 1 N–H and O–H groups in total. The van der Waals surface area contributed by atoms with Crippen molar-refractivity contribution in [3.05, 3.63) is 0 Å². The van der Waals surface area contributed by atoms with Gasteiger partial charge in [0.25, 0.3) is 0 Å². The molecule has 3 fully saturated rings. The second kappa shape index (κ2) is 4.52. The molecule has 1 aliphatic carbocycles. The van der Waals surface area contributed by atoms with Crippen molar-refractivity contribution in [1.82, 2.24) is 10.2 Å². The number of hydrogen-bond acceptors (Lipinski definition) is 2. The van der Waals surface area contributed by atoms with Gasteiger partial charge in [-0.2, -0.15) is 0 Å². The fraction of sp³-hybridized carbons (Fsp3) is 0.933. The van der Waals surface area contributed by atoms with Gasteiger partial charge in [-0.05, 0) is 43.9 Å². The van der Waals surface area contributed by atoms with Gasteiger partial charge in [0, 0.05) is 31.1 Å². The van der Waals surface area contributed by atoms with Crippen molar-refractivity contribution in [1.29, 1.82) is 0 Å². The standard InChI is InChI=1S/C15H26N2O/c1-15(2)7-6-11(10-15)16-12-9-14(18)17-8-4-3-5-13(12)17/h11-13,16H,3-10H2,1-2H3. The van der Waals surface area contributed by atoms with Crippen LogP contribution in [0.1, 0.15) is 58.8 Å². The molecular weight excluding hydrogens is 224 g/mol. The summed E-state index contributed by atoms with van der Waals surface area (Å²) in [6, 6.07) is 1.56. The molecule has 3 unspecified atom stereocenters. The molecule has 0 spiro atoms. The Bertz CT molecular complexity index is 339. The van der Waals surface area contributed by atoms with Crippen molar-refractivity contribution in [3.63, 3.8) is 0 Å². The van der Waals surface area contributed by atoms with Crippen LogP contribution in [0.15, 0.2) is 0 Å². The summed E-state index contributed by atoms with van der Waals surface area (Å²) in [5, 5.41) is 3.80. The van der Waals surface area contributed by atoms with Crippen LogP contribution in [0.2, 0.25) is 0 Å². The van der Waals surface area contributed by atoms with Gasteiger partial charge < -0.3 is 10.2 Å². The van der Waals surface area contributed by atoms with E-state index in [1.165, 1.54) is 38.5 Å². The van der Waals surface area contributed by atoms with Gasteiger partial charge in [0.1, 0.15) is 0 Å². The number of nitrogens with zero attached hydrogens (tertiary/aromatic N) is 1. The van der Waals surface area contributed by atoms with Crippen molar-refractivity contribution in [2.75, 3.05) is 6.54 Å². The third kappa shape index (κ3) is 2.29. The predicted octanol–water partition coefficient (Wildman–Crippen LogP) is 2.31. The number of carbonyl (C=O) groups is 1. The summed E-state index contributed by atoms with van der Waals surface area (Å²) in [6.45, 7) is 5.72. The molecule has 0 radical (unpaired) electrons. The molecule has 102 valence electrons. The molecule has 0 aromatic heterocycles. The third-order valence-electron chi connectivity index (χ3n) is 5.15. The maximum atomic E-state index is 12.0. The zero-order valence-corrected chi connectivity index (χ0v) is 11.7. The first kappa shape index (κ1) is 12.5. The van der Waals surface area contributed by atoms with Gasteiger partial charge in [0.2, 0.25) is 5.91 Å². The number of nitrogens with one attached hydrogen (secondary N) is 1. The van der Waals surface area contributed by atoms with Crippen molar-refractivity contribution in [2.45, 2.75) is 76.9 Å². The summed E-state index contributed by atoms with van der Waals surface area (Å²) in [5.41, 5.74) is 0.493. The zero-order chi connectivity index (χ0) is 12.8. The van der Waals surface area contributed by atoms with Crippen molar-refractivity contribution < 1.29 is 4.79 Å². The lowest BCUT2D eigenvalue weighted by Crippen LogP contribution is -2.48. The molecule has 3 atom stereocenters. The summed E-state index contributed by atoms with van der Waals surface area (Å²) in [4.78, 5) is 14.1. The number of piperidine rings is 1. The Hall–Kier alpha value is -0.570. The SMILES string of the molecule is CC1(C)CCC(NC2CC(=O)N3CCCCC23)C1. The molecule has 1 amide bonds. The minimum atomic E-state index is 0.384. The smallest absolute Gasteiger partial charge is 0.224 e. The second-order valence-corrected chi connectivity index (χ2v) is 7.23. The highest BCUT2D eigenvalue weighted by molar-refractivity contribution is 5.80. The summed E-state index contributed by atoms with van der Waals surface area (Å²) in [7, 11) is 0. The van der Waals surface area contributed by atoms with E-state index in [2.05, 4.69) is 24.1 Å². The number of fused-ring (bicyclic) bond motifs is 1. The first-order chi connectivity index (χ1) is 8.55. The molecule has 3 rings (SSSR count). The minimum Gasteiger partial charge on any atom is -0.338 e. The highest BCUT2D eigenvalue weighted by Gasteiger charge is 2.42. The number of hydrogen-bond donors (Lipinski definition) is 1. The summed E-state index contributed by atoms with van der Waals surface area (Å²) >= 11 is 0. The number of carbonyl (C=O) groups excluding carboxylic acids is 1. The Morgan fingerprint density at radius 1 is 1.28 bits per heavy atom. The van der Waals surface area contributed by atoms with Crippen LogP contribution in [-0.2, 0) is 4.79 Å². The van der Waals surface area contributed by atoms with Crippen molar-refractivity contribution in [2.24, 2.45) is 5.41 Å². The van der Waals surface area contributed by atoms with Gasteiger partial charge in [-0.15, -0.1) is 0 Å². The molecular formula is C15H26N2O. The van der Waals surface area contributed by atoms with Crippen LogP contribution >= 0.6 is 0 Å². The van der Waals surface area contributed by atoms with E-state index in [9.17, 15) is 4.79 Å². The molecule has 2 aliphatic heterocycles. The van der Waals surface area contributed by atoms with E-state index in [-0.39, 0.29) is 0 Å². The van der Waals surface area contributed by atoms with Gasteiger partial charge in [-0.3, -0.25) is 4.79 Å². The third-order valence-corrected chi connectivity index (χ3v) is 5.15. The molecule has 3 nitrogen and oxygen atoms in total. The summed E-state index contributed by atoms with van der Waals surface area (Å²) in [6.07, 6.45) is 8.31. The van der Waals surface area contributed by atoms with E-state index < -0.39 is 0 Å². The summed E-state index contributed by atoms with van der Waals surface area (Å²) in [5.74, 6) is 0.384. The average molecular weight is 250 g/mol. The van der Waals surface area contributed by atoms with Crippen molar-refractivity contribution >= 4 is 5.91 Å². The van der Waals surface area contributed by atoms with Crippen LogP contribution in [0.4, 0.5) is 0 Å². The van der Waals surface area contributed by atoms with Crippen LogP contribution in [0.3, 0.4) is 0 Å². The molecule has 0 aromatic rings. The molecule has 1 saturated carbocycles. The first-order valence-electron chi connectivity index (χ1n) is 7.61. The minimum absolute atomic E-state index is 0.384. The van der Waals surface area contributed by atoms with E-state index in [1.54, 1.807) is 0 Å². The molecule has 0 bridgehead atoms. The van der Waals surface area contributed by atoms with E-state index in [0.29, 0.717) is 29.4 Å². The highest BCUT2D eigenvalue weighted by Crippen LogP contribution is 2.38. The average Bonchev–Trinajstić information content (AvgIpc) is 2.82. The van der Waals surface area contributed by atoms with Crippen molar-refractivity contribution in [3.8, 4) is 0 Å². The first-order valence-corrected chi connectivity index (χ1v) is 7.61. The van der Waals surface area contributed by atoms with Crippen LogP contribution < -0.4 is 5.32 Å². The van der Waals surface area contributed by atoms with E-state index in [0.717, 1.165) is 13.0 Å². The fourth-order valence-electron chi connectivity index (χ4n) is 4.18. The van der Waals surface area contributed by atoms with Gasteiger partial charge >= 0.3 is 0 Å². The number of rotatable bonds is 2. The Labute approximate surface area is 110 Å². The zero-order valence-electron chi connectivity index (χ0n) is 11.7. The lowest BCUT2D eigenvalue weighted by Gasteiger charge is -2.34. The molecule has 3 heteroatoms. The largest absolute Gasteiger partial charge is 0.338 e. The van der Waals surface area contributed by atoms with Crippen LogP contribution in [0.25, 0.3) is 0 Å². The van der Waals surface area contributed by atoms with Gasteiger partial charge in [-0.1, -0.05) is 13.8 Å². The Morgan fingerprint density at radius 2 is 2.11 bits per heavy atom. The van der Waals surface area contributed by atoms with Crippen LogP contribution in [0, 0.1) is 5.41 Å². The maximum absolute atomic E-state index is 12.0. The van der Waals surface area contributed by atoms with Gasteiger partial charge in [0.15, 0.2) is 0 Å². The Kier molecular flexibility index (Phi) is 3.13. The molecule has 0 aromatic carbocycles. The number of amides is 1. The summed E-state index contributed by atoms with van der Waals surface area (Å²) < 4.78 is 0. The van der Waals surface area contributed by atoms with Gasteiger partial charge in [-0.25, -0.2) is 0 Å². The molecule has 2 saturated heterocycles. The van der Waals surface area contributed by atoms with E-state index in [1.807, 2.05) is 0 Å².